The molecule has 2 fully saturated rings. The van der Waals surface area contributed by atoms with E-state index in [4.69, 9.17) is 0 Å². The largest absolute Gasteiger partial charge is 0.314 e. The van der Waals surface area contributed by atoms with Gasteiger partial charge in [0.2, 0.25) is 0 Å². The predicted molar refractivity (Wildman–Crippen MR) is 55.0 cm³/mol. The number of hydrogen-bond acceptors (Lipinski definition) is 3. The van der Waals surface area contributed by atoms with Gasteiger partial charge in [-0.05, 0) is 19.9 Å². The number of hydrogen-bond donors (Lipinski definition) is 1. The second-order valence-electron chi connectivity index (χ2n) is 4.27. The quantitative estimate of drug-likeness (QED) is 0.664. The van der Waals surface area contributed by atoms with Gasteiger partial charge in [0, 0.05) is 45.3 Å². The lowest BCUT2D eigenvalue weighted by Gasteiger charge is -2.40. The molecule has 1 atom stereocenters. The van der Waals surface area contributed by atoms with Crippen molar-refractivity contribution in [3.63, 3.8) is 0 Å². The van der Waals surface area contributed by atoms with E-state index >= 15 is 0 Å². The average molecular weight is 183 g/mol. The van der Waals surface area contributed by atoms with Crippen LogP contribution in [0, 0.1) is 0 Å². The third-order valence-corrected chi connectivity index (χ3v) is 3.37. The van der Waals surface area contributed by atoms with Crippen LogP contribution in [0.5, 0.6) is 0 Å². The molecule has 3 nitrogen and oxygen atoms in total. The fraction of sp³-hybridized carbons (Fsp3) is 1.00. The third-order valence-electron chi connectivity index (χ3n) is 3.37. The van der Waals surface area contributed by atoms with Gasteiger partial charge in [0.05, 0.1) is 0 Å². The second kappa shape index (κ2) is 4.40. The molecule has 0 saturated carbocycles. The summed E-state index contributed by atoms with van der Waals surface area (Å²) < 4.78 is 0. The summed E-state index contributed by atoms with van der Waals surface area (Å²) in [4.78, 5) is 5.16. The molecule has 0 bridgehead atoms. The molecule has 0 aliphatic carbocycles. The van der Waals surface area contributed by atoms with Crippen molar-refractivity contribution < 1.29 is 0 Å². The maximum Gasteiger partial charge on any atom is 0.0112 e. The number of rotatable bonds is 3. The van der Waals surface area contributed by atoms with Gasteiger partial charge in [-0.1, -0.05) is 0 Å². The van der Waals surface area contributed by atoms with E-state index in [1.807, 2.05) is 0 Å². The lowest BCUT2D eigenvalue weighted by atomic mass is 10.1. The van der Waals surface area contributed by atoms with Crippen molar-refractivity contribution in [3.8, 4) is 0 Å². The summed E-state index contributed by atoms with van der Waals surface area (Å²) in [6.45, 7) is 11.0. The van der Waals surface area contributed by atoms with Crippen LogP contribution in [0.1, 0.15) is 13.3 Å². The van der Waals surface area contributed by atoms with Gasteiger partial charge in [-0.2, -0.15) is 0 Å². The zero-order valence-corrected chi connectivity index (χ0v) is 8.63. The first-order valence-electron chi connectivity index (χ1n) is 5.53. The summed E-state index contributed by atoms with van der Waals surface area (Å²) >= 11 is 0. The summed E-state index contributed by atoms with van der Waals surface area (Å²) in [7, 11) is 0. The van der Waals surface area contributed by atoms with E-state index in [9.17, 15) is 0 Å². The molecular weight excluding hydrogens is 162 g/mol. The maximum atomic E-state index is 3.38. The van der Waals surface area contributed by atoms with E-state index in [-0.39, 0.29) is 0 Å². The van der Waals surface area contributed by atoms with Gasteiger partial charge in [-0.3, -0.25) is 9.80 Å². The molecule has 0 radical (unpaired) electrons. The van der Waals surface area contributed by atoms with Crippen molar-refractivity contribution in [2.75, 3.05) is 45.8 Å². The van der Waals surface area contributed by atoms with E-state index in [1.165, 1.54) is 52.2 Å². The Morgan fingerprint density at radius 3 is 2.46 bits per heavy atom. The highest BCUT2D eigenvalue weighted by molar-refractivity contribution is 4.79. The Kier molecular flexibility index (Phi) is 3.19. The number of nitrogens with zero attached hydrogens (tertiary/aromatic N) is 2. The standard InChI is InChI=1S/C10H21N3/c1-10-2-5-13(10)9-8-12-6-3-11-4-7-12/h10-11H,2-9H2,1H3. The summed E-state index contributed by atoms with van der Waals surface area (Å²) in [5.74, 6) is 0. The maximum absolute atomic E-state index is 3.38. The summed E-state index contributed by atoms with van der Waals surface area (Å²) in [5, 5.41) is 3.38. The smallest absolute Gasteiger partial charge is 0.0112 e. The Morgan fingerprint density at radius 1 is 1.15 bits per heavy atom. The van der Waals surface area contributed by atoms with Crippen molar-refractivity contribution in [1.29, 1.82) is 0 Å². The van der Waals surface area contributed by atoms with Gasteiger partial charge < -0.3 is 5.32 Å². The topological polar surface area (TPSA) is 18.5 Å². The van der Waals surface area contributed by atoms with Crippen LogP contribution in [0.2, 0.25) is 0 Å². The minimum atomic E-state index is 0.850. The van der Waals surface area contributed by atoms with E-state index in [0.717, 1.165) is 6.04 Å². The van der Waals surface area contributed by atoms with Crippen molar-refractivity contribution >= 4 is 0 Å². The lowest BCUT2D eigenvalue weighted by Crippen LogP contribution is -2.51. The van der Waals surface area contributed by atoms with Crippen LogP contribution in [0.25, 0.3) is 0 Å². The van der Waals surface area contributed by atoms with Gasteiger partial charge in [0.1, 0.15) is 0 Å². The van der Waals surface area contributed by atoms with Crippen LogP contribution in [-0.2, 0) is 0 Å². The molecule has 2 aliphatic rings. The fourth-order valence-electron chi connectivity index (χ4n) is 2.11. The van der Waals surface area contributed by atoms with E-state index in [0.29, 0.717) is 0 Å². The summed E-state index contributed by atoms with van der Waals surface area (Å²) in [6.07, 6.45) is 1.40. The molecule has 0 aromatic rings. The summed E-state index contributed by atoms with van der Waals surface area (Å²) in [5.41, 5.74) is 0. The number of nitrogens with one attached hydrogen (secondary N) is 1. The first-order chi connectivity index (χ1) is 6.36. The van der Waals surface area contributed by atoms with Crippen LogP contribution in [0.3, 0.4) is 0 Å². The zero-order valence-electron chi connectivity index (χ0n) is 8.63. The molecule has 13 heavy (non-hydrogen) atoms. The fourth-order valence-corrected chi connectivity index (χ4v) is 2.11. The Bertz CT molecular complexity index is 154. The molecule has 0 aromatic carbocycles. The molecule has 0 spiro atoms. The molecule has 0 amide bonds. The average Bonchev–Trinajstić information content (AvgIpc) is 2.17. The third kappa shape index (κ3) is 2.42. The molecule has 2 aliphatic heterocycles. The number of likely N-dealkylation sites (tertiary alicyclic amines) is 1. The normalized spacial score (nSPS) is 31.6. The monoisotopic (exact) mass is 183 g/mol. The van der Waals surface area contributed by atoms with Gasteiger partial charge in [-0.25, -0.2) is 0 Å². The van der Waals surface area contributed by atoms with Crippen LogP contribution in [0.4, 0.5) is 0 Å². The Labute approximate surface area is 81.1 Å². The zero-order chi connectivity index (χ0) is 9.10. The van der Waals surface area contributed by atoms with Crippen molar-refractivity contribution in [2.24, 2.45) is 0 Å². The Hall–Kier alpha value is -0.120. The van der Waals surface area contributed by atoms with Gasteiger partial charge in [0.25, 0.3) is 0 Å². The Balaban J connectivity index is 1.61. The minimum Gasteiger partial charge on any atom is -0.314 e. The minimum absolute atomic E-state index is 0.850. The molecule has 2 rings (SSSR count). The molecule has 2 saturated heterocycles. The van der Waals surface area contributed by atoms with Crippen molar-refractivity contribution in [3.05, 3.63) is 0 Å². The first-order valence-corrected chi connectivity index (χ1v) is 5.53. The lowest BCUT2D eigenvalue weighted by molar-refractivity contribution is 0.0849. The molecule has 1 N–H and O–H groups in total. The summed E-state index contributed by atoms with van der Waals surface area (Å²) in [6, 6.07) is 0.850. The highest BCUT2D eigenvalue weighted by Crippen LogP contribution is 2.15. The van der Waals surface area contributed by atoms with E-state index < -0.39 is 0 Å². The molecule has 0 aromatic heterocycles. The molecule has 3 heteroatoms. The van der Waals surface area contributed by atoms with Gasteiger partial charge in [0.15, 0.2) is 0 Å². The molecule has 1 unspecified atom stereocenters. The van der Waals surface area contributed by atoms with Crippen molar-refractivity contribution in [1.82, 2.24) is 15.1 Å². The molecule has 76 valence electrons. The van der Waals surface area contributed by atoms with E-state index in [1.54, 1.807) is 0 Å². The highest BCUT2D eigenvalue weighted by atomic mass is 15.3. The van der Waals surface area contributed by atoms with Crippen LogP contribution in [-0.4, -0.2) is 61.7 Å². The van der Waals surface area contributed by atoms with Crippen molar-refractivity contribution in [2.45, 2.75) is 19.4 Å². The second-order valence-corrected chi connectivity index (χ2v) is 4.27. The van der Waals surface area contributed by atoms with Gasteiger partial charge in [-0.15, -0.1) is 0 Å². The van der Waals surface area contributed by atoms with E-state index in [2.05, 4.69) is 22.0 Å². The van der Waals surface area contributed by atoms with Crippen LogP contribution >= 0.6 is 0 Å². The van der Waals surface area contributed by atoms with Crippen LogP contribution < -0.4 is 5.32 Å². The molecule has 2 heterocycles. The first kappa shape index (κ1) is 9.44. The highest BCUT2D eigenvalue weighted by Gasteiger charge is 2.23. The molecular formula is C10H21N3. The Morgan fingerprint density at radius 2 is 1.92 bits per heavy atom. The van der Waals surface area contributed by atoms with Crippen LogP contribution in [0.15, 0.2) is 0 Å². The predicted octanol–water partition coefficient (Wildman–Crippen LogP) is -0.0142. The van der Waals surface area contributed by atoms with Gasteiger partial charge >= 0.3 is 0 Å². The SMILES string of the molecule is CC1CCN1CCN1CCNCC1. The number of piperazine rings is 1.